The minimum atomic E-state index is -0.240. The Kier molecular flexibility index (Phi) is 14.0. The number of anilines is 2. The molecule has 3 rings (SSSR count). The number of nitrogen functional groups attached to an aromatic ring is 2. The maximum Gasteiger partial charge on any atom is 0.372 e. The molecule has 0 aliphatic carbocycles. The van der Waals surface area contributed by atoms with Gasteiger partial charge in [-0.2, -0.15) is 9.98 Å². The topological polar surface area (TPSA) is 214 Å². The Morgan fingerprint density at radius 1 is 0.909 bits per heavy atom. The Bertz CT molecular complexity index is 1530. The number of hydroxylamine groups is 1. The van der Waals surface area contributed by atoms with Crippen LogP contribution in [0.2, 0.25) is 0 Å². The number of benzene rings is 2. The van der Waals surface area contributed by atoms with Crippen LogP contribution in [-0.4, -0.2) is 30.0 Å². The molecule has 2 aromatic carbocycles. The fourth-order valence-electron chi connectivity index (χ4n) is 3.61. The number of aromatic nitrogens is 2. The first-order chi connectivity index (χ1) is 20.7. The summed E-state index contributed by atoms with van der Waals surface area (Å²) in [6.07, 6.45) is 2.50. The highest BCUT2D eigenvalue weighted by Crippen LogP contribution is 2.38. The van der Waals surface area contributed by atoms with Crippen LogP contribution in [0, 0.1) is 18.9 Å². The van der Waals surface area contributed by atoms with Crippen LogP contribution in [-0.2, 0) is 0 Å². The third kappa shape index (κ3) is 10.1. The molecule has 0 spiro atoms. The van der Waals surface area contributed by atoms with Crippen molar-refractivity contribution in [3.63, 3.8) is 0 Å². The average Bonchev–Trinajstić information content (AvgIpc) is 2.94. The van der Waals surface area contributed by atoms with Gasteiger partial charge in [0.05, 0.1) is 27.6 Å². The van der Waals surface area contributed by atoms with Gasteiger partial charge in [-0.3, -0.25) is 0 Å². The Morgan fingerprint density at radius 2 is 1.43 bits per heavy atom. The lowest BCUT2D eigenvalue weighted by Crippen LogP contribution is -2.22. The molecule has 0 aliphatic heterocycles. The summed E-state index contributed by atoms with van der Waals surface area (Å²) in [5, 5.41) is 10.7. The third-order valence-electron chi connectivity index (χ3n) is 5.75. The number of ether oxygens (including phenoxy) is 4. The molecule has 0 fully saturated rings. The van der Waals surface area contributed by atoms with Gasteiger partial charge in [0.1, 0.15) is 23.0 Å². The lowest BCUT2D eigenvalue weighted by molar-refractivity contribution is 0.405. The minimum absolute atomic E-state index is 0.0104. The Morgan fingerprint density at radius 3 is 1.89 bits per heavy atom. The number of hydrogen-bond acceptors (Lipinski definition) is 12. The maximum atomic E-state index is 10.7. The van der Waals surface area contributed by atoms with E-state index in [1.165, 1.54) is 6.20 Å². The van der Waals surface area contributed by atoms with Gasteiger partial charge in [-0.15, -0.1) is 0 Å². The second-order valence-electron chi connectivity index (χ2n) is 9.59. The molecular weight excluding hydrogens is 794 g/mol. The molecule has 15 heteroatoms. The van der Waals surface area contributed by atoms with Crippen LogP contribution >= 0.6 is 45.2 Å². The van der Waals surface area contributed by atoms with Gasteiger partial charge in [0, 0.05) is 17.3 Å². The van der Waals surface area contributed by atoms with Crippen molar-refractivity contribution < 1.29 is 18.9 Å². The number of nitrogens with one attached hydrogen (secondary N) is 1. The highest BCUT2D eigenvalue weighted by molar-refractivity contribution is 14.1. The van der Waals surface area contributed by atoms with E-state index < -0.39 is 0 Å². The smallest absolute Gasteiger partial charge is 0.372 e. The highest BCUT2D eigenvalue weighted by atomic mass is 127. The molecule has 0 saturated heterocycles. The van der Waals surface area contributed by atoms with Crippen LogP contribution in [0.15, 0.2) is 53.2 Å². The predicted octanol–water partition coefficient (Wildman–Crippen LogP) is 5.49. The van der Waals surface area contributed by atoms with Crippen molar-refractivity contribution in [1.82, 2.24) is 15.4 Å². The van der Waals surface area contributed by atoms with Crippen molar-refractivity contribution >= 4 is 62.8 Å². The van der Waals surface area contributed by atoms with E-state index in [0.717, 1.165) is 36.0 Å². The lowest BCUT2D eigenvalue weighted by Gasteiger charge is -2.18. The number of methoxy groups -OCH3 is 2. The maximum absolute atomic E-state index is 10.7. The zero-order valence-electron chi connectivity index (χ0n) is 25.1. The second-order valence-corrected chi connectivity index (χ2v) is 11.9. The standard InChI is InChI=1S/C15H19IN4O3.C14H17IN4O2/c1-8(2)10-5-13(22-4)11(16)6-12(10)23-14(7-19-21)15(18)20-9(3)17;1-7(2)8-4-11(20-3)9(15)5-10(8)21-12-6-18-14(17)19-13(12)16/h3,5-8,19H,17H2,1-2,4H3,(H2,18,20);4-7H,1-3H3,(H4,16,17,18,19)/b14-7+;. The Balaban J connectivity index is 0.000000308. The van der Waals surface area contributed by atoms with Crippen LogP contribution in [0.3, 0.4) is 0 Å². The predicted molar refractivity (Wildman–Crippen MR) is 189 cm³/mol. The number of nitrogens with two attached hydrogens (primary N) is 4. The first kappa shape index (κ1) is 36.4. The van der Waals surface area contributed by atoms with E-state index in [9.17, 15) is 5.21 Å². The molecule has 236 valence electrons. The summed E-state index contributed by atoms with van der Waals surface area (Å²) in [4.78, 5) is 11.5. The zero-order valence-corrected chi connectivity index (χ0v) is 29.5. The van der Waals surface area contributed by atoms with E-state index in [0.29, 0.717) is 17.2 Å². The molecule has 1 aromatic heterocycles. The first-order valence-corrected chi connectivity index (χ1v) is 15.2. The molecule has 0 bridgehead atoms. The highest BCUT2D eigenvalue weighted by Gasteiger charge is 2.17. The quantitative estimate of drug-likeness (QED) is 0.0405. The molecule has 1 heterocycles. The summed E-state index contributed by atoms with van der Waals surface area (Å²) < 4.78 is 24.1. The van der Waals surface area contributed by atoms with Crippen molar-refractivity contribution in [3.8, 4) is 28.7 Å². The van der Waals surface area contributed by atoms with E-state index >= 15 is 0 Å². The number of amidine groups is 1. The molecule has 13 nitrogen and oxygen atoms in total. The van der Waals surface area contributed by atoms with Crippen molar-refractivity contribution in [2.75, 3.05) is 25.7 Å². The van der Waals surface area contributed by atoms with Crippen LogP contribution in [0.1, 0.15) is 50.7 Å². The van der Waals surface area contributed by atoms with Crippen molar-refractivity contribution in [3.05, 3.63) is 78.3 Å². The van der Waals surface area contributed by atoms with Gasteiger partial charge < -0.3 is 52.6 Å². The van der Waals surface area contributed by atoms with E-state index in [1.54, 1.807) is 25.8 Å². The summed E-state index contributed by atoms with van der Waals surface area (Å²) in [6, 6.07) is 7.54. The monoisotopic (exact) mass is 830 g/mol. The SMILES string of the molecule is COc1cc(C(C)C)c(Oc2cnc(N)nc2N)cc1I.[CH+]=C(N)N=C(N)/C(=C\N[O-])Oc1cc(I)c(OC)cc1C(C)C. The molecule has 0 radical (unpaired) electrons. The summed E-state index contributed by atoms with van der Waals surface area (Å²) in [5.41, 5.74) is 25.8. The zero-order chi connectivity index (χ0) is 33.1. The van der Waals surface area contributed by atoms with Gasteiger partial charge in [-0.25, -0.2) is 4.98 Å². The molecule has 0 amide bonds. The molecule has 0 saturated carbocycles. The van der Waals surface area contributed by atoms with E-state index in [2.05, 4.69) is 74.0 Å². The summed E-state index contributed by atoms with van der Waals surface area (Å²) in [5.74, 6) is 3.56. The number of rotatable bonds is 11. The van der Waals surface area contributed by atoms with Gasteiger partial charge in [0.15, 0.2) is 23.2 Å². The van der Waals surface area contributed by atoms with E-state index in [4.69, 9.17) is 48.5 Å². The van der Waals surface area contributed by atoms with Gasteiger partial charge in [-0.1, -0.05) is 27.7 Å². The molecular formula is C29H36I2N8O5. The number of halogens is 2. The van der Waals surface area contributed by atoms with Crippen LogP contribution in [0.4, 0.5) is 11.8 Å². The largest absolute Gasteiger partial charge is 0.761 e. The van der Waals surface area contributed by atoms with E-state index in [-0.39, 0.29) is 41.0 Å². The van der Waals surface area contributed by atoms with Crippen molar-refractivity contribution in [2.24, 2.45) is 16.5 Å². The summed E-state index contributed by atoms with van der Waals surface area (Å²) in [7, 11) is 3.24. The lowest BCUT2D eigenvalue weighted by atomic mass is 10.0. The fraction of sp³-hybridized carbons (Fsp3) is 0.276. The summed E-state index contributed by atoms with van der Waals surface area (Å²) >= 11 is 4.32. The van der Waals surface area contributed by atoms with E-state index in [1.807, 2.05) is 32.0 Å². The summed E-state index contributed by atoms with van der Waals surface area (Å²) in [6.45, 7) is 13.5. The number of hydrogen-bond donors (Lipinski definition) is 5. The second kappa shape index (κ2) is 16.9. The molecule has 0 atom stereocenters. The van der Waals surface area contributed by atoms with Gasteiger partial charge in [0.2, 0.25) is 5.95 Å². The third-order valence-corrected chi connectivity index (χ3v) is 7.43. The first-order valence-electron chi connectivity index (χ1n) is 13.0. The number of aliphatic imine (C=N–C) groups is 1. The Hall–Kier alpha value is -3.80. The molecule has 0 aliphatic rings. The normalized spacial score (nSPS) is 11.5. The molecule has 3 aromatic rings. The van der Waals surface area contributed by atoms with Crippen molar-refractivity contribution in [2.45, 2.75) is 39.5 Å². The van der Waals surface area contributed by atoms with Crippen LogP contribution in [0.25, 0.3) is 0 Å². The van der Waals surface area contributed by atoms with Crippen LogP contribution in [0.5, 0.6) is 28.7 Å². The van der Waals surface area contributed by atoms with Gasteiger partial charge >= 0.3 is 5.82 Å². The minimum Gasteiger partial charge on any atom is -0.761 e. The fourth-order valence-corrected chi connectivity index (χ4v) is 4.93. The van der Waals surface area contributed by atoms with Crippen LogP contribution < -0.4 is 47.4 Å². The Labute approximate surface area is 284 Å². The van der Waals surface area contributed by atoms with Crippen molar-refractivity contribution in [1.29, 1.82) is 0 Å². The molecule has 44 heavy (non-hydrogen) atoms. The number of nitrogens with zero attached hydrogens (tertiary/aromatic N) is 3. The average molecular weight is 830 g/mol. The molecule has 0 unspecified atom stereocenters. The molecule has 9 N–H and O–H groups in total. The van der Waals surface area contributed by atoms with Gasteiger partial charge in [-0.05, 0) is 81.3 Å². The van der Waals surface area contributed by atoms with Gasteiger partial charge in [0.25, 0.3) is 6.58 Å².